The number of nitrogens with one attached hydrogen (secondary N) is 1. The first kappa shape index (κ1) is 11.4. The van der Waals surface area contributed by atoms with Crippen LogP contribution in [0.5, 0.6) is 0 Å². The second kappa shape index (κ2) is 4.42. The van der Waals surface area contributed by atoms with Crippen molar-refractivity contribution in [2.75, 3.05) is 18.8 Å². The van der Waals surface area contributed by atoms with Crippen molar-refractivity contribution in [1.29, 1.82) is 0 Å². The summed E-state index contributed by atoms with van der Waals surface area (Å²) in [6.45, 7) is 4.00. The molecule has 1 saturated carbocycles. The maximum Gasteiger partial charge on any atom is 0.153 e. The Morgan fingerprint density at radius 3 is 2.20 bits per heavy atom. The maximum atomic E-state index is 12.1. The smallest absolute Gasteiger partial charge is 0.153 e. The van der Waals surface area contributed by atoms with Crippen molar-refractivity contribution in [2.45, 2.75) is 37.9 Å². The van der Waals surface area contributed by atoms with Crippen LogP contribution in [0.1, 0.15) is 32.6 Å². The van der Waals surface area contributed by atoms with Gasteiger partial charge in [-0.3, -0.25) is 0 Å². The Labute approximate surface area is 92.6 Å². The molecule has 1 aliphatic heterocycles. The van der Waals surface area contributed by atoms with Crippen LogP contribution in [0.25, 0.3) is 0 Å². The van der Waals surface area contributed by atoms with Gasteiger partial charge in [-0.2, -0.15) is 0 Å². The number of hydrogen-bond acceptors (Lipinski definition) is 3. The lowest BCUT2D eigenvalue weighted by molar-refractivity contribution is 0.363. The number of hydrogen-bond donors (Lipinski definition) is 1. The molecule has 0 radical (unpaired) electrons. The largest absolute Gasteiger partial charge is 0.316 e. The predicted octanol–water partition coefficient (Wildman–Crippen LogP) is 1.20. The van der Waals surface area contributed by atoms with Crippen molar-refractivity contribution in [3.05, 3.63) is 0 Å². The zero-order chi connectivity index (χ0) is 10.9. The van der Waals surface area contributed by atoms with Crippen molar-refractivity contribution < 1.29 is 8.42 Å². The summed E-state index contributed by atoms with van der Waals surface area (Å²) in [5, 5.41) is 3.10. The Balaban J connectivity index is 1.90. The molecule has 0 aromatic carbocycles. The van der Waals surface area contributed by atoms with Gasteiger partial charge in [-0.15, -0.1) is 0 Å². The third-order valence-corrected chi connectivity index (χ3v) is 6.23. The Morgan fingerprint density at radius 2 is 1.73 bits per heavy atom. The van der Waals surface area contributed by atoms with Crippen molar-refractivity contribution in [3.63, 3.8) is 0 Å². The Bertz CT molecular complexity index is 301. The topological polar surface area (TPSA) is 46.2 Å². The summed E-state index contributed by atoms with van der Waals surface area (Å²) in [6, 6.07) is 0. The Kier molecular flexibility index (Phi) is 3.36. The van der Waals surface area contributed by atoms with Gasteiger partial charge < -0.3 is 5.32 Å². The minimum Gasteiger partial charge on any atom is -0.316 e. The minimum absolute atomic E-state index is 0.0331. The van der Waals surface area contributed by atoms with Crippen LogP contribution in [-0.2, 0) is 9.84 Å². The second-order valence-electron chi connectivity index (χ2n) is 5.24. The molecule has 15 heavy (non-hydrogen) atoms. The summed E-state index contributed by atoms with van der Waals surface area (Å²) in [6.07, 6.45) is 3.97. The Morgan fingerprint density at radius 1 is 1.13 bits per heavy atom. The molecule has 0 atom stereocenters. The van der Waals surface area contributed by atoms with Crippen molar-refractivity contribution in [2.24, 2.45) is 11.8 Å². The summed E-state index contributed by atoms with van der Waals surface area (Å²) in [4.78, 5) is 0. The van der Waals surface area contributed by atoms with Crippen LogP contribution in [0.15, 0.2) is 0 Å². The molecular weight excluding hydrogens is 210 g/mol. The normalized spacial score (nSPS) is 33.7. The zero-order valence-corrected chi connectivity index (χ0v) is 10.2. The third-order valence-electron chi connectivity index (χ3n) is 3.80. The van der Waals surface area contributed by atoms with Crippen LogP contribution in [0.4, 0.5) is 0 Å². The van der Waals surface area contributed by atoms with Gasteiger partial charge in [0.2, 0.25) is 0 Å². The van der Waals surface area contributed by atoms with Gasteiger partial charge in [0.25, 0.3) is 0 Å². The highest BCUT2D eigenvalue weighted by atomic mass is 32.2. The van der Waals surface area contributed by atoms with Gasteiger partial charge >= 0.3 is 0 Å². The maximum absolute atomic E-state index is 12.1. The van der Waals surface area contributed by atoms with E-state index in [4.69, 9.17) is 0 Å². The van der Waals surface area contributed by atoms with Gasteiger partial charge in [-0.05, 0) is 37.5 Å². The van der Waals surface area contributed by atoms with E-state index in [1.807, 2.05) is 0 Å². The van der Waals surface area contributed by atoms with Gasteiger partial charge in [-0.1, -0.05) is 6.92 Å². The molecule has 0 spiro atoms. The van der Waals surface area contributed by atoms with Crippen LogP contribution < -0.4 is 5.32 Å². The second-order valence-corrected chi connectivity index (χ2v) is 7.56. The SMILES string of the molecule is CC1CCC(S(=O)(=O)CC2CNC2)CC1. The minimum atomic E-state index is -2.81. The fraction of sp³-hybridized carbons (Fsp3) is 1.00. The van der Waals surface area contributed by atoms with E-state index in [0.717, 1.165) is 44.7 Å². The molecule has 1 heterocycles. The molecule has 2 rings (SSSR count). The quantitative estimate of drug-likeness (QED) is 0.794. The van der Waals surface area contributed by atoms with Gasteiger partial charge in [0.1, 0.15) is 0 Å². The lowest BCUT2D eigenvalue weighted by atomic mass is 9.91. The fourth-order valence-corrected chi connectivity index (χ4v) is 4.67. The van der Waals surface area contributed by atoms with E-state index in [0.29, 0.717) is 11.7 Å². The van der Waals surface area contributed by atoms with E-state index < -0.39 is 9.84 Å². The van der Waals surface area contributed by atoms with Gasteiger partial charge in [0, 0.05) is 13.1 Å². The molecule has 0 unspecified atom stereocenters. The lowest BCUT2D eigenvalue weighted by Gasteiger charge is -2.31. The van der Waals surface area contributed by atoms with Crippen LogP contribution in [0, 0.1) is 11.8 Å². The summed E-state index contributed by atoms with van der Waals surface area (Å²) >= 11 is 0. The summed E-state index contributed by atoms with van der Waals surface area (Å²) in [7, 11) is -2.81. The first-order valence-corrected chi connectivity index (χ1v) is 7.72. The molecule has 2 fully saturated rings. The average Bonchev–Trinajstić information content (AvgIpc) is 2.13. The predicted molar refractivity (Wildman–Crippen MR) is 61.6 cm³/mol. The van der Waals surface area contributed by atoms with Crippen LogP contribution in [0.3, 0.4) is 0 Å². The zero-order valence-electron chi connectivity index (χ0n) is 9.41. The highest BCUT2D eigenvalue weighted by molar-refractivity contribution is 7.92. The van der Waals surface area contributed by atoms with E-state index in [2.05, 4.69) is 12.2 Å². The Hall–Kier alpha value is -0.0900. The first-order valence-electron chi connectivity index (χ1n) is 6.00. The number of sulfone groups is 1. The van der Waals surface area contributed by atoms with Gasteiger partial charge in [0.15, 0.2) is 9.84 Å². The van der Waals surface area contributed by atoms with Crippen molar-refractivity contribution in [3.8, 4) is 0 Å². The highest BCUT2D eigenvalue weighted by Gasteiger charge is 2.32. The monoisotopic (exact) mass is 231 g/mol. The van der Waals surface area contributed by atoms with Crippen LogP contribution in [0.2, 0.25) is 0 Å². The standard InChI is InChI=1S/C11H21NO2S/c1-9-2-4-11(5-3-9)15(13,14)8-10-6-12-7-10/h9-12H,2-8H2,1H3. The summed E-state index contributed by atoms with van der Waals surface area (Å²) in [5.41, 5.74) is 0. The van der Waals surface area contributed by atoms with Crippen LogP contribution in [-0.4, -0.2) is 32.5 Å². The van der Waals surface area contributed by atoms with Crippen LogP contribution >= 0.6 is 0 Å². The lowest BCUT2D eigenvalue weighted by Crippen LogP contribution is -2.47. The van der Waals surface area contributed by atoms with Gasteiger partial charge in [-0.25, -0.2) is 8.42 Å². The average molecular weight is 231 g/mol. The molecule has 1 aliphatic carbocycles. The molecule has 1 saturated heterocycles. The van der Waals surface area contributed by atoms with E-state index >= 15 is 0 Å². The molecule has 0 bridgehead atoms. The summed E-state index contributed by atoms with van der Waals surface area (Å²) in [5.74, 6) is 1.52. The number of rotatable bonds is 3. The highest BCUT2D eigenvalue weighted by Crippen LogP contribution is 2.29. The van der Waals surface area contributed by atoms with Crippen molar-refractivity contribution >= 4 is 9.84 Å². The molecule has 2 aliphatic rings. The fourth-order valence-electron chi connectivity index (χ4n) is 2.52. The molecule has 88 valence electrons. The molecule has 0 aromatic heterocycles. The molecule has 4 heteroatoms. The third kappa shape index (κ3) is 2.72. The molecule has 0 amide bonds. The van der Waals surface area contributed by atoms with Gasteiger partial charge in [0.05, 0.1) is 11.0 Å². The first-order chi connectivity index (χ1) is 7.08. The summed E-state index contributed by atoms with van der Waals surface area (Å²) < 4.78 is 24.1. The molecule has 1 N–H and O–H groups in total. The molecule has 3 nitrogen and oxygen atoms in total. The van der Waals surface area contributed by atoms with E-state index in [9.17, 15) is 8.42 Å². The van der Waals surface area contributed by atoms with Crippen molar-refractivity contribution in [1.82, 2.24) is 5.32 Å². The molecular formula is C11H21NO2S. The van der Waals surface area contributed by atoms with E-state index in [1.54, 1.807) is 0 Å². The van der Waals surface area contributed by atoms with E-state index in [-0.39, 0.29) is 5.25 Å². The molecule has 0 aromatic rings. The van der Waals surface area contributed by atoms with E-state index in [1.165, 1.54) is 0 Å².